The van der Waals surface area contributed by atoms with Gasteiger partial charge in [-0.2, -0.15) is 4.98 Å². The molecule has 0 spiro atoms. The Kier molecular flexibility index (Phi) is 5.15. The molecule has 1 aliphatic heterocycles. The van der Waals surface area contributed by atoms with Crippen molar-refractivity contribution in [2.24, 2.45) is 5.92 Å². The van der Waals surface area contributed by atoms with Crippen LogP contribution in [-0.2, 0) is 4.74 Å². The molecule has 3 atom stereocenters. The lowest BCUT2D eigenvalue weighted by atomic mass is 10.2. The fourth-order valence-electron chi connectivity index (χ4n) is 3.39. The van der Waals surface area contributed by atoms with Crippen LogP contribution in [0.5, 0.6) is 11.6 Å². The highest BCUT2D eigenvalue weighted by Gasteiger charge is 2.40. The van der Waals surface area contributed by atoms with Crippen molar-refractivity contribution in [2.75, 3.05) is 27.9 Å². The number of aryl methyl sites for hydroxylation is 1. The SMILES string of the molecule is COc1ccc([C@H]2C[C@@H]2COc2nc(C)ncc2C2=CC(OC)NN2C)nc1. The van der Waals surface area contributed by atoms with E-state index in [1.165, 1.54) is 0 Å². The Bertz CT molecular complexity index is 871. The molecule has 148 valence electrons. The van der Waals surface area contributed by atoms with E-state index in [0.717, 1.165) is 29.1 Å². The van der Waals surface area contributed by atoms with Crippen molar-refractivity contribution in [2.45, 2.75) is 25.5 Å². The number of hydrogen-bond donors (Lipinski definition) is 1. The van der Waals surface area contributed by atoms with Gasteiger partial charge < -0.3 is 19.2 Å². The summed E-state index contributed by atoms with van der Waals surface area (Å²) >= 11 is 0. The van der Waals surface area contributed by atoms with E-state index in [0.29, 0.717) is 30.1 Å². The first-order valence-corrected chi connectivity index (χ1v) is 9.30. The summed E-state index contributed by atoms with van der Waals surface area (Å²) in [5.41, 5.74) is 6.06. The molecule has 1 fully saturated rings. The van der Waals surface area contributed by atoms with Gasteiger partial charge >= 0.3 is 0 Å². The topological polar surface area (TPSA) is 81.6 Å². The van der Waals surface area contributed by atoms with Crippen molar-refractivity contribution in [3.05, 3.63) is 47.7 Å². The lowest BCUT2D eigenvalue weighted by molar-refractivity contribution is 0.0820. The maximum atomic E-state index is 6.13. The van der Waals surface area contributed by atoms with E-state index >= 15 is 0 Å². The quantitative estimate of drug-likeness (QED) is 0.779. The van der Waals surface area contributed by atoms with Crippen molar-refractivity contribution in [3.8, 4) is 11.6 Å². The van der Waals surface area contributed by atoms with E-state index in [1.807, 2.05) is 37.2 Å². The molecule has 0 amide bonds. The number of methoxy groups -OCH3 is 2. The van der Waals surface area contributed by atoms with Gasteiger partial charge in [-0.3, -0.25) is 4.98 Å². The number of hydrazine groups is 1. The molecule has 1 saturated carbocycles. The zero-order chi connectivity index (χ0) is 19.7. The first-order chi connectivity index (χ1) is 13.6. The lowest BCUT2D eigenvalue weighted by Crippen LogP contribution is -2.34. The Labute approximate surface area is 164 Å². The summed E-state index contributed by atoms with van der Waals surface area (Å²) in [4.78, 5) is 13.4. The van der Waals surface area contributed by atoms with Gasteiger partial charge in [-0.1, -0.05) is 0 Å². The molecule has 0 aromatic carbocycles. The minimum atomic E-state index is -0.178. The van der Waals surface area contributed by atoms with Gasteiger partial charge in [-0.15, -0.1) is 0 Å². The minimum Gasteiger partial charge on any atom is -0.495 e. The van der Waals surface area contributed by atoms with E-state index in [2.05, 4.69) is 20.4 Å². The molecule has 0 radical (unpaired) electrons. The van der Waals surface area contributed by atoms with Gasteiger partial charge in [0.15, 0.2) is 0 Å². The Hall–Kier alpha value is -2.71. The van der Waals surface area contributed by atoms with Crippen LogP contribution in [-0.4, -0.2) is 54.1 Å². The summed E-state index contributed by atoms with van der Waals surface area (Å²) in [5.74, 6) is 2.91. The molecular weight excluding hydrogens is 358 g/mol. The highest BCUT2D eigenvalue weighted by Crippen LogP contribution is 2.47. The average molecular weight is 383 g/mol. The molecule has 28 heavy (non-hydrogen) atoms. The van der Waals surface area contributed by atoms with Crippen LogP contribution in [0.2, 0.25) is 0 Å². The zero-order valence-corrected chi connectivity index (χ0v) is 16.5. The van der Waals surface area contributed by atoms with Crippen molar-refractivity contribution < 1.29 is 14.2 Å². The number of hydrogen-bond acceptors (Lipinski definition) is 8. The second-order valence-corrected chi connectivity index (χ2v) is 7.07. The zero-order valence-electron chi connectivity index (χ0n) is 16.5. The van der Waals surface area contributed by atoms with E-state index in [1.54, 1.807) is 26.6 Å². The van der Waals surface area contributed by atoms with Gasteiger partial charge in [-0.25, -0.2) is 10.4 Å². The molecule has 2 aromatic heterocycles. The summed E-state index contributed by atoms with van der Waals surface area (Å²) in [7, 11) is 5.24. The molecule has 4 rings (SSSR count). The molecule has 0 bridgehead atoms. The summed E-state index contributed by atoms with van der Waals surface area (Å²) in [6.45, 7) is 2.46. The largest absolute Gasteiger partial charge is 0.495 e. The summed E-state index contributed by atoms with van der Waals surface area (Å²) in [5, 5.41) is 1.90. The van der Waals surface area contributed by atoms with Crippen LogP contribution in [0.1, 0.15) is 29.4 Å². The first-order valence-electron chi connectivity index (χ1n) is 9.30. The monoisotopic (exact) mass is 383 g/mol. The normalized spacial score (nSPS) is 23.5. The maximum absolute atomic E-state index is 6.13. The third-order valence-corrected chi connectivity index (χ3v) is 5.13. The Morgan fingerprint density at radius 2 is 2.07 bits per heavy atom. The molecule has 1 aliphatic carbocycles. The predicted molar refractivity (Wildman–Crippen MR) is 104 cm³/mol. The predicted octanol–water partition coefficient (Wildman–Crippen LogP) is 2.13. The van der Waals surface area contributed by atoms with Crippen LogP contribution in [0.15, 0.2) is 30.6 Å². The first kappa shape index (κ1) is 18.6. The fourth-order valence-corrected chi connectivity index (χ4v) is 3.39. The third-order valence-electron chi connectivity index (χ3n) is 5.13. The van der Waals surface area contributed by atoms with Gasteiger partial charge in [-0.05, 0) is 31.6 Å². The highest BCUT2D eigenvalue weighted by atomic mass is 16.5. The number of nitrogens with zero attached hydrogens (tertiary/aromatic N) is 4. The third kappa shape index (κ3) is 3.79. The van der Waals surface area contributed by atoms with Gasteiger partial charge in [0.2, 0.25) is 5.88 Å². The van der Waals surface area contributed by atoms with Crippen molar-refractivity contribution in [1.29, 1.82) is 0 Å². The fraction of sp³-hybridized carbons (Fsp3) is 0.450. The Balaban J connectivity index is 1.45. The number of rotatable bonds is 7. The summed E-state index contributed by atoms with van der Waals surface area (Å²) in [6.07, 6.45) is 6.44. The second-order valence-electron chi connectivity index (χ2n) is 7.07. The Morgan fingerprint density at radius 3 is 2.75 bits per heavy atom. The number of aromatic nitrogens is 3. The van der Waals surface area contributed by atoms with Crippen LogP contribution < -0.4 is 14.9 Å². The summed E-state index contributed by atoms with van der Waals surface area (Å²) in [6, 6.07) is 3.98. The minimum absolute atomic E-state index is 0.178. The van der Waals surface area contributed by atoms with Crippen molar-refractivity contribution in [1.82, 2.24) is 25.4 Å². The summed E-state index contributed by atoms with van der Waals surface area (Å²) < 4.78 is 16.7. The second kappa shape index (κ2) is 7.73. The molecule has 1 unspecified atom stereocenters. The Morgan fingerprint density at radius 1 is 1.21 bits per heavy atom. The van der Waals surface area contributed by atoms with E-state index < -0.39 is 0 Å². The van der Waals surface area contributed by atoms with Crippen LogP contribution in [0.25, 0.3) is 5.70 Å². The lowest BCUT2D eigenvalue weighted by Gasteiger charge is -2.19. The molecule has 2 aliphatic rings. The van der Waals surface area contributed by atoms with Crippen LogP contribution in [0.3, 0.4) is 0 Å². The molecule has 2 aromatic rings. The molecule has 3 heterocycles. The molecular formula is C20H25N5O3. The molecule has 1 N–H and O–H groups in total. The standard InChI is InChI=1S/C20H25N5O3/c1-12-21-10-16(18-8-19(27-4)24-25(18)2)20(23-12)28-11-13-7-15(13)17-6-5-14(26-3)9-22-17/h5-6,8-10,13,15,19,24H,7,11H2,1-4H3/t13-,15+,19?/m1/s1. The van der Waals surface area contributed by atoms with Crippen molar-refractivity contribution >= 4 is 5.70 Å². The van der Waals surface area contributed by atoms with Gasteiger partial charge in [0.1, 0.15) is 17.8 Å². The average Bonchev–Trinajstić information content (AvgIpc) is 3.40. The van der Waals surface area contributed by atoms with Gasteiger partial charge in [0.25, 0.3) is 0 Å². The van der Waals surface area contributed by atoms with E-state index in [4.69, 9.17) is 14.2 Å². The van der Waals surface area contributed by atoms with Crippen LogP contribution in [0.4, 0.5) is 0 Å². The smallest absolute Gasteiger partial charge is 0.226 e. The van der Waals surface area contributed by atoms with Gasteiger partial charge in [0.05, 0.1) is 31.2 Å². The van der Waals surface area contributed by atoms with E-state index in [9.17, 15) is 0 Å². The maximum Gasteiger partial charge on any atom is 0.226 e. The number of pyridine rings is 1. The van der Waals surface area contributed by atoms with Crippen LogP contribution in [0, 0.1) is 12.8 Å². The number of nitrogens with one attached hydrogen (secondary N) is 1. The van der Waals surface area contributed by atoms with Gasteiger partial charge in [0, 0.05) is 37.9 Å². The highest BCUT2D eigenvalue weighted by molar-refractivity contribution is 5.68. The number of ether oxygens (including phenoxy) is 3. The van der Waals surface area contributed by atoms with Crippen LogP contribution >= 0.6 is 0 Å². The molecule has 0 saturated heterocycles. The van der Waals surface area contributed by atoms with E-state index in [-0.39, 0.29) is 6.23 Å². The molecule has 8 heteroatoms. The van der Waals surface area contributed by atoms with Crippen molar-refractivity contribution in [3.63, 3.8) is 0 Å². The molecule has 8 nitrogen and oxygen atoms in total.